The normalized spacial score (nSPS) is 13.3. The lowest BCUT2D eigenvalue weighted by Crippen LogP contribution is -2.05. The molecule has 10 aromatic rings. The van der Waals surface area contributed by atoms with Crippen LogP contribution in [0.4, 0.5) is 0 Å². The molecule has 254 valence electrons. The minimum absolute atomic E-state index is 0.609. The van der Waals surface area contributed by atoms with E-state index in [1.54, 1.807) is 0 Å². The smallest absolute Gasteiger partial charge is 0.164 e. The summed E-state index contributed by atoms with van der Waals surface area (Å²) in [4.78, 5) is 15.6. The Bertz CT molecular complexity index is 3170. The van der Waals surface area contributed by atoms with Crippen LogP contribution < -0.4 is 0 Å². The quantitative estimate of drug-likeness (QED) is 0.179. The van der Waals surface area contributed by atoms with Gasteiger partial charge in [-0.3, -0.25) is 0 Å². The van der Waals surface area contributed by atoms with Crippen molar-refractivity contribution in [2.75, 3.05) is 0 Å². The van der Waals surface area contributed by atoms with Gasteiger partial charge in [0.2, 0.25) is 0 Å². The second kappa shape index (κ2) is 12.2. The molecule has 3 heterocycles. The van der Waals surface area contributed by atoms with Crippen molar-refractivity contribution in [3.8, 4) is 33.9 Å². The Balaban J connectivity index is 1.11. The van der Waals surface area contributed by atoms with Crippen molar-refractivity contribution in [1.29, 1.82) is 0 Å². The van der Waals surface area contributed by atoms with Crippen molar-refractivity contribution in [2.45, 2.75) is 12.8 Å². The van der Waals surface area contributed by atoms with Crippen molar-refractivity contribution in [2.24, 2.45) is 0 Å². The molecule has 5 nitrogen and oxygen atoms in total. The number of nitrogens with zero attached hydrogens (tertiary/aromatic N) is 3. The molecule has 7 aromatic carbocycles. The van der Waals surface area contributed by atoms with Crippen LogP contribution in [0.1, 0.15) is 24.2 Å². The van der Waals surface area contributed by atoms with Crippen molar-refractivity contribution in [3.63, 3.8) is 0 Å². The summed E-state index contributed by atoms with van der Waals surface area (Å²) in [5.74, 6) is 1.93. The van der Waals surface area contributed by atoms with Crippen LogP contribution in [0.15, 0.2) is 173 Å². The van der Waals surface area contributed by atoms with Crippen LogP contribution in [0.3, 0.4) is 0 Å². The minimum atomic E-state index is 0.609. The molecule has 1 aliphatic carbocycles. The first-order valence-corrected chi connectivity index (χ1v) is 18.3. The van der Waals surface area contributed by atoms with E-state index in [9.17, 15) is 0 Å². The number of hydrogen-bond donors (Lipinski definition) is 0. The summed E-state index contributed by atoms with van der Waals surface area (Å²) >= 11 is 0. The van der Waals surface area contributed by atoms with Crippen molar-refractivity contribution in [3.05, 3.63) is 175 Å². The van der Waals surface area contributed by atoms with Crippen LogP contribution in [0, 0.1) is 0 Å². The number of para-hydroxylation sites is 2. The van der Waals surface area contributed by atoms with Gasteiger partial charge >= 0.3 is 0 Å². The molecular formula is C49H31N3O2. The van der Waals surface area contributed by atoms with E-state index >= 15 is 0 Å². The standard InChI is InChI=1S/C49H31N3O2/c1-2-10-30(11-3-1)32-18-21-33(22-19-32)47-50-48(36-23-20-31-12-4-5-13-34(31)28-36)52-49(51-47)41-27-26-37(46-45(41)40-15-7-9-17-43(40)54-46)35-24-25-39-38-14-6-8-16-42(38)53-44(39)29-35/h1-18,20-21,23-29H,19,22H2. The topological polar surface area (TPSA) is 65.0 Å². The highest BCUT2D eigenvalue weighted by Crippen LogP contribution is 2.43. The highest BCUT2D eigenvalue weighted by Gasteiger charge is 2.22. The third-order valence-corrected chi connectivity index (χ3v) is 10.7. The molecule has 54 heavy (non-hydrogen) atoms. The maximum atomic E-state index is 6.71. The van der Waals surface area contributed by atoms with Gasteiger partial charge in [-0.25, -0.2) is 15.0 Å². The minimum Gasteiger partial charge on any atom is -0.456 e. The lowest BCUT2D eigenvalue weighted by molar-refractivity contribution is 0.668. The first-order valence-electron chi connectivity index (χ1n) is 18.3. The van der Waals surface area contributed by atoms with Gasteiger partial charge in [-0.1, -0.05) is 121 Å². The van der Waals surface area contributed by atoms with Crippen LogP contribution in [-0.2, 0) is 0 Å². The SMILES string of the molecule is C1=C(c2ccccc2)CCC(c2nc(-c3ccc4ccccc4c3)nc(-c3ccc(-c4ccc5c(c4)oc4ccccc45)c4oc5ccccc5c34)n2)=C1. The van der Waals surface area contributed by atoms with Crippen LogP contribution in [0.2, 0.25) is 0 Å². The van der Waals surface area contributed by atoms with Crippen LogP contribution >= 0.6 is 0 Å². The Morgan fingerprint density at radius 2 is 1.04 bits per heavy atom. The fraction of sp³-hybridized carbons (Fsp3) is 0.0408. The Morgan fingerprint density at radius 3 is 1.89 bits per heavy atom. The first kappa shape index (κ1) is 30.5. The van der Waals surface area contributed by atoms with E-state index in [2.05, 4.69) is 133 Å². The molecule has 0 bridgehead atoms. The maximum Gasteiger partial charge on any atom is 0.164 e. The molecule has 3 aromatic heterocycles. The molecule has 0 amide bonds. The molecule has 0 atom stereocenters. The molecule has 11 rings (SSSR count). The maximum absolute atomic E-state index is 6.71. The molecule has 0 unspecified atom stereocenters. The highest BCUT2D eigenvalue weighted by atomic mass is 16.3. The van der Waals surface area contributed by atoms with Gasteiger partial charge in [-0.05, 0) is 88.4 Å². The molecular weight excluding hydrogens is 663 g/mol. The largest absolute Gasteiger partial charge is 0.456 e. The predicted molar refractivity (Wildman–Crippen MR) is 220 cm³/mol. The Hall–Kier alpha value is -7.11. The summed E-state index contributed by atoms with van der Waals surface area (Å²) in [7, 11) is 0. The van der Waals surface area contributed by atoms with Gasteiger partial charge in [0, 0.05) is 38.2 Å². The third kappa shape index (κ3) is 5.05. The van der Waals surface area contributed by atoms with E-state index in [-0.39, 0.29) is 0 Å². The van der Waals surface area contributed by atoms with Crippen LogP contribution in [-0.4, -0.2) is 15.0 Å². The fourth-order valence-electron chi connectivity index (χ4n) is 7.95. The van der Waals surface area contributed by atoms with E-state index in [0.29, 0.717) is 17.5 Å². The number of allylic oxidation sites excluding steroid dienone is 4. The fourth-order valence-corrected chi connectivity index (χ4v) is 7.95. The summed E-state index contributed by atoms with van der Waals surface area (Å²) in [5, 5.41) is 6.49. The van der Waals surface area contributed by atoms with Crippen molar-refractivity contribution >= 4 is 65.8 Å². The number of benzene rings is 7. The molecule has 0 saturated carbocycles. The number of aromatic nitrogens is 3. The molecule has 0 aliphatic heterocycles. The zero-order valence-corrected chi connectivity index (χ0v) is 29.2. The molecule has 0 fully saturated rings. The number of rotatable bonds is 5. The highest BCUT2D eigenvalue weighted by molar-refractivity contribution is 6.16. The number of fused-ring (bicyclic) bond motifs is 7. The van der Waals surface area contributed by atoms with E-state index in [0.717, 1.165) is 89.9 Å². The summed E-state index contributed by atoms with van der Waals surface area (Å²) in [6.45, 7) is 0. The van der Waals surface area contributed by atoms with Crippen LogP contribution in [0.25, 0.3) is 99.7 Å². The van der Waals surface area contributed by atoms with Gasteiger partial charge in [0.05, 0.1) is 0 Å². The molecule has 0 spiro atoms. The van der Waals surface area contributed by atoms with Gasteiger partial charge in [-0.15, -0.1) is 0 Å². The van der Waals surface area contributed by atoms with E-state index < -0.39 is 0 Å². The lowest BCUT2D eigenvalue weighted by atomic mass is 9.93. The molecule has 1 aliphatic rings. The van der Waals surface area contributed by atoms with Gasteiger partial charge in [0.15, 0.2) is 17.5 Å². The number of furan rings is 2. The van der Waals surface area contributed by atoms with E-state index in [1.807, 2.05) is 30.3 Å². The first-order chi connectivity index (χ1) is 26.7. The average Bonchev–Trinajstić information content (AvgIpc) is 3.82. The molecule has 5 heteroatoms. The Kier molecular flexibility index (Phi) is 6.92. The second-order valence-electron chi connectivity index (χ2n) is 13.9. The predicted octanol–water partition coefficient (Wildman–Crippen LogP) is 13.1. The van der Waals surface area contributed by atoms with Gasteiger partial charge in [-0.2, -0.15) is 0 Å². The average molecular weight is 694 g/mol. The summed E-state index contributed by atoms with van der Waals surface area (Å²) in [5.41, 5.74) is 10.8. The van der Waals surface area contributed by atoms with E-state index in [4.69, 9.17) is 23.8 Å². The second-order valence-corrected chi connectivity index (χ2v) is 13.9. The molecule has 0 radical (unpaired) electrons. The summed E-state index contributed by atoms with van der Waals surface area (Å²) < 4.78 is 13.0. The summed E-state index contributed by atoms with van der Waals surface area (Å²) in [6.07, 6.45) is 6.12. The van der Waals surface area contributed by atoms with Crippen molar-refractivity contribution < 1.29 is 8.83 Å². The van der Waals surface area contributed by atoms with Crippen molar-refractivity contribution in [1.82, 2.24) is 15.0 Å². The third-order valence-electron chi connectivity index (χ3n) is 10.7. The van der Waals surface area contributed by atoms with Gasteiger partial charge in [0.1, 0.15) is 22.3 Å². The van der Waals surface area contributed by atoms with Crippen LogP contribution in [0.5, 0.6) is 0 Å². The number of hydrogen-bond acceptors (Lipinski definition) is 5. The van der Waals surface area contributed by atoms with Gasteiger partial charge < -0.3 is 8.83 Å². The summed E-state index contributed by atoms with van der Waals surface area (Å²) in [6, 6.07) is 52.4. The van der Waals surface area contributed by atoms with E-state index in [1.165, 1.54) is 16.5 Å². The Labute approximate surface area is 310 Å². The lowest BCUT2D eigenvalue weighted by Gasteiger charge is -2.16. The molecule has 0 saturated heterocycles. The Morgan fingerprint density at radius 1 is 0.389 bits per heavy atom. The monoisotopic (exact) mass is 693 g/mol. The zero-order chi connectivity index (χ0) is 35.6. The van der Waals surface area contributed by atoms with Gasteiger partial charge in [0.25, 0.3) is 0 Å². The zero-order valence-electron chi connectivity index (χ0n) is 29.2. The molecule has 0 N–H and O–H groups in total.